The highest BCUT2D eigenvalue weighted by molar-refractivity contribution is 8.13. The number of carbonyl (C=O) groups is 1. The number of hydrogen-bond acceptors (Lipinski definition) is 3. The lowest BCUT2D eigenvalue weighted by atomic mass is 10.1. The van der Waals surface area contributed by atoms with Crippen LogP contribution in [-0.2, 0) is 9.05 Å². The Kier molecular flexibility index (Phi) is 3.19. The van der Waals surface area contributed by atoms with Crippen molar-refractivity contribution in [1.82, 2.24) is 0 Å². The smallest absolute Gasteiger partial charge is 0.262 e. The standard InChI is InChI=1S/C8H6Cl2O3S/c1-5(11)6-3-2-4-7(8(6)9)14(10,12)13/h2-4H,1H3. The molecule has 1 aromatic rings. The molecule has 3 nitrogen and oxygen atoms in total. The topological polar surface area (TPSA) is 51.2 Å². The minimum absolute atomic E-state index is 0.130. The average molecular weight is 253 g/mol. The van der Waals surface area contributed by atoms with E-state index < -0.39 is 9.05 Å². The van der Waals surface area contributed by atoms with Gasteiger partial charge in [0.05, 0.1) is 5.02 Å². The lowest BCUT2D eigenvalue weighted by Gasteiger charge is -2.03. The molecule has 0 saturated heterocycles. The molecular weight excluding hydrogens is 247 g/mol. The summed E-state index contributed by atoms with van der Waals surface area (Å²) in [5.41, 5.74) is 0.147. The fourth-order valence-corrected chi connectivity index (χ4v) is 2.60. The normalized spacial score (nSPS) is 11.4. The Hall–Kier alpha value is -0.580. The van der Waals surface area contributed by atoms with Crippen LogP contribution in [0.1, 0.15) is 17.3 Å². The third-order valence-corrected chi connectivity index (χ3v) is 3.49. The predicted octanol–water partition coefficient (Wildman–Crippen LogP) is 2.47. The average Bonchev–Trinajstić information content (AvgIpc) is 2.01. The van der Waals surface area contributed by atoms with E-state index in [2.05, 4.69) is 0 Å². The zero-order chi connectivity index (χ0) is 10.9. The van der Waals surface area contributed by atoms with Crippen LogP contribution in [0.2, 0.25) is 5.02 Å². The van der Waals surface area contributed by atoms with Crippen molar-refractivity contribution in [2.45, 2.75) is 11.8 Å². The van der Waals surface area contributed by atoms with Crippen LogP contribution in [0, 0.1) is 0 Å². The number of ketones is 1. The highest BCUT2D eigenvalue weighted by atomic mass is 35.7. The molecule has 0 saturated carbocycles. The summed E-state index contributed by atoms with van der Waals surface area (Å²) in [5, 5.41) is -0.130. The molecule has 0 radical (unpaired) electrons. The van der Waals surface area contributed by atoms with Gasteiger partial charge in [-0.15, -0.1) is 0 Å². The molecule has 14 heavy (non-hydrogen) atoms. The van der Waals surface area contributed by atoms with Crippen molar-refractivity contribution in [2.75, 3.05) is 0 Å². The van der Waals surface area contributed by atoms with Crippen LogP contribution in [0.4, 0.5) is 0 Å². The molecule has 0 amide bonds. The maximum Gasteiger partial charge on any atom is 0.262 e. The summed E-state index contributed by atoms with van der Waals surface area (Å²) < 4.78 is 22.0. The molecule has 0 aliphatic carbocycles. The van der Waals surface area contributed by atoms with Gasteiger partial charge in [-0.3, -0.25) is 4.79 Å². The molecule has 0 aliphatic heterocycles. The summed E-state index contributed by atoms with van der Waals surface area (Å²) in [4.78, 5) is 10.8. The van der Waals surface area contributed by atoms with Gasteiger partial charge in [-0.25, -0.2) is 8.42 Å². The minimum atomic E-state index is -3.90. The van der Waals surface area contributed by atoms with Crippen molar-refractivity contribution in [3.63, 3.8) is 0 Å². The van der Waals surface area contributed by atoms with Crippen LogP contribution in [0.5, 0.6) is 0 Å². The zero-order valence-electron chi connectivity index (χ0n) is 7.12. The van der Waals surface area contributed by atoms with Crippen LogP contribution in [0.25, 0.3) is 0 Å². The van der Waals surface area contributed by atoms with Gasteiger partial charge in [0.2, 0.25) is 0 Å². The van der Waals surface area contributed by atoms with Crippen molar-refractivity contribution >= 4 is 37.1 Å². The van der Waals surface area contributed by atoms with Crippen LogP contribution in [0.15, 0.2) is 23.1 Å². The molecule has 0 bridgehead atoms. The third-order valence-electron chi connectivity index (χ3n) is 1.61. The van der Waals surface area contributed by atoms with Crippen molar-refractivity contribution < 1.29 is 13.2 Å². The Labute approximate surface area is 91.1 Å². The molecule has 0 aromatic heterocycles. The number of halogens is 2. The number of Topliss-reactive ketones (excluding diaryl/α,β-unsaturated/α-hetero) is 1. The van der Waals surface area contributed by atoms with Crippen LogP contribution in [0.3, 0.4) is 0 Å². The number of hydrogen-bond donors (Lipinski definition) is 0. The van der Waals surface area contributed by atoms with E-state index in [0.717, 1.165) is 0 Å². The molecular formula is C8H6Cl2O3S. The summed E-state index contributed by atoms with van der Waals surface area (Å²) in [7, 11) is 1.22. The van der Waals surface area contributed by atoms with Gasteiger partial charge in [-0.05, 0) is 19.1 Å². The Balaban J connectivity index is 3.51. The summed E-state index contributed by atoms with van der Waals surface area (Å²) >= 11 is 5.70. The van der Waals surface area contributed by atoms with Crippen molar-refractivity contribution in [3.8, 4) is 0 Å². The quantitative estimate of drug-likeness (QED) is 0.601. The van der Waals surface area contributed by atoms with Gasteiger partial charge >= 0.3 is 0 Å². The SMILES string of the molecule is CC(=O)c1cccc(S(=O)(=O)Cl)c1Cl. The van der Waals surface area contributed by atoms with E-state index in [9.17, 15) is 13.2 Å². The first-order valence-electron chi connectivity index (χ1n) is 3.58. The second-order valence-electron chi connectivity index (χ2n) is 2.61. The maximum absolute atomic E-state index is 11.0. The Morgan fingerprint density at radius 1 is 1.36 bits per heavy atom. The van der Waals surface area contributed by atoms with Crippen molar-refractivity contribution in [2.24, 2.45) is 0 Å². The zero-order valence-corrected chi connectivity index (χ0v) is 9.45. The molecule has 0 unspecified atom stereocenters. The molecule has 0 spiro atoms. The van der Waals surface area contributed by atoms with Gasteiger partial charge < -0.3 is 0 Å². The monoisotopic (exact) mass is 252 g/mol. The van der Waals surface area contributed by atoms with Crippen molar-refractivity contribution in [1.29, 1.82) is 0 Å². The van der Waals surface area contributed by atoms with Crippen molar-refractivity contribution in [3.05, 3.63) is 28.8 Å². The summed E-state index contributed by atoms with van der Waals surface area (Å²) in [6.45, 7) is 1.30. The van der Waals surface area contributed by atoms with E-state index in [0.29, 0.717) is 0 Å². The largest absolute Gasteiger partial charge is 0.294 e. The molecule has 0 heterocycles. The van der Waals surface area contributed by atoms with E-state index >= 15 is 0 Å². The minimum Gasteiger partial charge on any atom is -0.294 e. The lowest BCUT2D eigenvalue weighted by molar-refractivity contribution is 0.101. The lowest BCUT2D eigenvalue weighted by Crippen LogP contribution is -1.99. The van der Waals surface area contributed by atoms with Crippen LogP contribution in [-0.4, -0.2) is 14.2 Å². The fourth-order valence-electron chi connectivity index (χ4n) is 0.971. The first kappa shape index (κ1) is 11.5. The van der Waals surface area contributed by atoms with Gasteiger partial charge in [-0.2, -0.15) is 0 Å². The third kappa shape index (κ3) is 2.26. The van der Waals surface area contributed by atoms with Gasteiger partial charge in [0.15, 0.2) is 5.78 Å². The molecule has 76 valence electrons. The van der Waals surface area contributed by atoms with E-state index in [-0.39, 0.29) is 21.3 Å². The van der Waals surface area contributed by atoms with E-state index in [4.69, 9.17) is 22.3 Å². The number of rotatable bonds is 2. The van der Waals surface area contributed by atoms with Gasteiger partial charge in [0, 0.05) is 16.2 Å². The molecule has 1 aromatic carbocycles. The first-order chi connectivity index (χ1) is 6.34. The molecule has 0 fully saturated rings. The van der Waals surface area contributed by atoms with Crippen LogP contribution < -0.4 is 0 Å². The van der Waals surface area contributed by atoms with Gasteiger partial charge in [-0.1, -0.05) is 17.7 Å². The Morgan fingerprint density at radius 2 is 1.93 bits per heavy atom. The molecule has 0 aliphatic rings. The van der Waals surface area contributed by atoms with E-state index in [1.165, 1.54) is 25.1 Å². The van der Waals surface area contributed by atoms with Gasteiger partial charge in [0.25, 0.3) is 9.05 Å². The fraction of sp³-hybridized carbons (Fsp3) is 0.125. The molecule has 1 rings (SSSR count). The highest BCUT2D eigenvalue weighted by Crippen LogP contribution is 2.27. The Bertz CT molecular complexity index is 479. The summed E-state index contributed by atoms with van der Waals surface area (Å²) in [6.07, 6.45) is 0. The van der Waals surface area contributed by atoms with Gasteiger partial charge in [0.1, 0.15) is 4.90 Å². The second-order valence-corrected chi connectivity index (χ2v) is 5.52. The molecule has 6 heteroatoms. The maximum atomic E-state index is 11.0. The van der Waals surface area contributed by atoms with E-state index in [1.807, 2.05) is 0 Å². The first-order valence-corrected chi connectivity index (χ1v) is 6.27. The predicted molar refractivity (Wildman–Crippen MR) is 54.5 cm³/mol. The molecule has 0 N–H and O–H groups in total. The number of carbonyl (C=O) groups excluding carboxylic acids is 1. The van der Waals surface area contributed by atoms with Crippen LogP contribution >= 0.6 is 22.3 Å². The highest BCUT2D eigenvalue weighted by Gasteiger charge is 2.18. The molecule has 0 atom stereocenters. The second kappa shape index (κ2) is 3.88. The van der Waals surface area contributed by atoms with E-state index in [1.54, 1.807) is 0 Å². The summed E-state index contributed by atoms with van der Waals surface area (Å²) in [6, 6.07) is 4.10. The Morgan fingerprint density at radius 3 is 2.36 bits per heavy atom. The summed E-state index contributed by atoms with van der Waals surface area (Å²) in [5.74, 6) is -0.308. The number of benzene rings is 1.